The number of rotatable bonds is 9. The van der Waals surface area contributed by atoms with Gasteiger partial charge in [0.15, 0.2) is 5.13 Å². The maximum absolute atomic E-state index is 13.9. The van der Waals surface area contributed by atoms with Crippen molar-refractivity contribution in [2.24, 2.45) is 0 Å². The van der Waals surface area contributed by atoms with Crippen molar-refractivity contribution in [1.29, 1.82) is 0 Å². The molecule has 2 aromatic rings. The topological polar surface area (TPSA) is 42.0 Å². The number of benzene rings is 1. The highest BCUT2D eigenvalue weighted by molar-refractivity contribution is 7.22. The third kappa shape index (κ3) is 3.90. The Morgan fingerprint density at radius 2 is 1.17 bits per heavy atom. The summed E-state index contributed by atoms with van der Waals surface area (Å²) in [6.45, 7) is 0. The fourth-order valence-corrected chi connectivity index (χ4v) is 3.24. The highest BCUT2D eigenvalue weighted by Gasteiger charge is 2.94. The molecule has 0 aliphatic rings. The Kier molecular flexibility index (Phi) is 7.01. The number of hydrogen-bond donors (Lipinski definition) is 1. The number of alkyl halides is 16. The molecule has 0 spiro atoms. The Hall–Kier alpha value is -2.54. The fraction of sp³-hybridized carbons (Fsp3) is 0.500. The van der Waals surface area contributed by atoms with Gasteiger partial charge in [-0.3, -0.25) is 10.1 Å². The van der Waals surface area contributed by atoms with Crippen molar-refractivity contribution in [3.05, 3.63) is 24.3 Å². The molecule has 2 rings (SSSR count). The second-order valence-electron chi connectivity index (χ2n) is 6.81. The lowest BCUT2D eigenvalue weighted by molar-refractivity contribution is -0.443. The smallest absolute Gasteiger partial charge is 0.296 e. The molecule has 0 aliphatic heterocycles. The molecule has 0 aliphatic carbocycles. The van der Waals surface area contributed by atoms with E-state index in [1.165, 1.54) is 24.3 Å². The van der Waals surface area contributed by atoms with Gasteiger partial charge in [0.05, 0.1) is 10.2 Å². The van der Waals surface area contributed by atoms with E-state index in [0.29, 0.717) is 0 Å². The van der Waals surface area contributed by atoms with E-state index in [9.17, 15) is 75.0 Å². The summed E-state index contributed by atoms with van der Waals surface area (Å²) in [5, 5.41) is -0.213. The average molecular weight is 578 g/mol. The van der Waals surface area contributed by atoms with Gasteiger partial charge in [-0.15, -0.1) is 0 Å². The maximum Gasteiger partial charge on any atom is 0.393 e. The molecular formula is C16H6F16N2OS. The lowest BCUT2D eigenvalue weighted by Gasteiger charge is -2.42. The van der Waals surface area contributed by atoms with Crippen LogP contribution in [0.3, 0.4) is 0 Å². The minimum atomic E-state index is -8.56. The zero-order chi connectivity index (χ0) is 28.3. The van der Waals surface area contributed by atoms with Gasteiger partial charge < -0.3 is 0 Å². The number of anilines is 1. The third-order valence-corrected chi connectivity index (χ3v) is 5.42. The van der Waals surface area contributed by atoms with Gasteiger partial charge in [-0.05, 0) is 12.1 Å². The standard InChI is InChI=1S/C16H6F16N2OS/c17-7(18)10(19,20)12(23,24)14(27,28)16(31,32)15(29,30)13(25,26)11(21,22)8(35)34-9-33-5-3-1-2-4-6(5)36-9/h1-4,7H,(H,33,34,35). The maximum atomic E-state index is 13.9. The van der Waals surface area contributed by atoms with Crippen LogP contribution in [0.4, 0.5) is 75.4 Å². The Morgan fingerprint density at radius 3 is 1.64 bits per heavy atom. The largest absolute Gasteiger partial charge is 0.393 e. The van der Waals surface area contributed by atoms with E-state index in [4.69, 9.17) is 0 Å². The van der Waals surface area contributed by atoms with Crippen molar-refractivity contribution in [2.75, 3.05) is 5.32 Å². The van der Waals surface area contributed by atoms with Crippen molar-refractivity contribution in [3.8, 4) is 0 Å². The summed E-state index contributed by atoms with van der Waals surface area (Å²) in [5.74, 6) is -59.9. The Morgan fingerprint density at radius 1 is 0.722 bits per heavy atom. The zero-order valence-electron chi connectivity index (χ0n) is 16.2. The van der Waals surface area contributed by atoms with E-state index < -0.39 is 58.9 Å². The average Bonchev–Trinajstić information content (AvgIpc) is 3.14. The van der Waals surface area contributed by atoms with Crippen LogP contribution in [-0.4, -0.2) is 58.8 Å². The van der Waals surface area contributed by atoms with Crippen LogP contribution < -0.4 is 5.32 Å². The van der Waals surface area contributed by atoms with E-state index >= 15 is 0 Å². The SMILES string of the molecule is O=C(Nc1nc2ccccc2s1)C(F)(F)C(F)(F)C(F)(F)C(F)(F)C(F)(F)C(F)(F)C(F)(F)C(F)F. The van der Waals surface area contributed by atoms with Gasteiger partial charge in [0.25, 0.3) is 0 Å². The summed E-state index contributed by atoms with van der Waals surface area (Å²) in [6.07, 6.45) is -5.93. The second-order valence-corrected chi connectivity index (χ2v) is 7.84. The molecule has 204 valence electrons. The molecule has 0 saturated carbocycles. The van der Waals surface area contributed by atoms with Crippen LogP contribution in [0.1, 0.15) is 0 Å². The summed E-state index contributed by atoms with van der Waals surface area (Å²) in [6, 6.07) is 5.01. The number of hydrogen-bond acceptors (Lipinski definition) is 3. The van der Waals surface area contributed by atoms with Gasteiger partial charge in [-0.2, -0.15) is 61.5 Å². The molecule has 1 aromatic heterocycles. The van der Waals surface area contributed by atoms with E-state index in [1.807, 2.05) is 0 Å². The summed E-state index contributed by atoms with van der Waals surface area (Å²) in [5.41, 5.74) is -0.0911. The number of fused-ring (bicyclic) bond motifs is 1. The first-order valence-corrected chi connectivity index (χ1v) is 9.32. The molecule has 20 heteroatoms. The molecule has 0 unspecified atom stereocenters. The molecule has 0 radical (unpaired) electrons. The van der Waals surface area contributed by atoms with Gasteiger partial charge in [0.1, 0.15) is 0 Å². The molecular weight excluding hydrogens is 572 g/mol. The molecule has 0 saturated heterocycles. The highest BCUT2D eigenvalue weighted by atomic mass is 32.1. The van der Waals surface area contributed by atoms with Crippen LogP contribution in [-0.2, 0) is 4.79 Å². The third-order valence-electron chi connectivity index (χ3n) is 4.46. The monoisotopic (exact) mass is 578 g/mol. The molecule has 0 fully saturated rings. The minimum Gasteiger partial charge on any atom is -0.296 e. The predicted molar refractivity (Wildman–Crippen MR) is 88.9 cm³/mol. The Bertz CT molecular complexity index is 1100. The molecule has 1 N–H and O–H groups in total. The number of thiazole rings is 1. The lowest BCUT2D eigenvalue weighted by atomic mass is 9.89. The van der Waals surface area contributed by atoms with Gasteiger partial charge >= 0.3 is 53.8 Å². The highest BCUT2D eigenvalue weighted by Crippen LogP contribution is 2.62. The number of amides is 1. The van der Waals surface area contributed by atoms with Gasteiger partial charge in [-0.25, -0.2) is 13.8 Å². The van der Waals surface area contributed by atoms with Gasteiger partial charge in [0, 0.05) is 0 Å². The van der Waals surface area contributed by atoms with E-state index in [2.05, 4.69) is 4.98 Å². The minimum absolute atomic E-state index is 0.0709. The van der Waals surface area contributed by atoms with Gasteiger partial charge in [0.2, 0.25) is 0 Å². The van der Waals surface area contributed by atoms with E-state index in [-0.39, 0.29) is 21.6 Å². The van der Waals surface area contributed by atoms with Gasteiger partial charge in [-0.1, -0.05) is 23.5 Å². The molecule has 36 heavy (non-hydrogen) atoms. The van der Waals surface area contributed by atoms with Crippen molar-refractivity contribution >= 4 is 32.6 Å². The number of carbonyl (C=O) groups is 1. The van der Waals surface area contributed by atoms with Crippen LogP contribution >= 0.6 is 11.3 Å². The summed E-state index contributed by atoms with van der Waals surface area (Å²) < 4.78 is 213. The first kappa shape index (κ1) is 29.7. The first-order valence-electron chi connectivity index (χ1n) is 8.51. The first-order chi connectivity index (χ1) is 15.9. The van der Waals surface area contributed by atoms with Crippen LogP contribution in [0.2, 0.25) is 0 Å². The van der Waals surface area contributed by atoms with Crippen LogP contribution in [0.25, 0.3) is 10.2 Å². The Balaban J connectivity index is 2.50. The molecule has 1 heterocycles. The normalized spacial score (nSPS) is 15.0. The van der Waals surface area contributed by atoms with Crippen molar-refractivity contribution in [1.82, 2.24) is 4.98 Å². The number of para-hydroxylation sites is 1. The number of halogens is 16. The summed E-state index contributed by atoms with van der Waals surface area (Å²) in [4.78, 5) is 14.9. The molecule has 0 atom stereocenters. The lowest BCUT2D eigenvalue weighted by Crippen LogP contribution is -2.74. The van der Waals surface area contributed by atoms with E-state index in [1.54, 1.807) is 0 Å². The molecule has 1 aromatic carbocycles. The summed E-state index contributed by atoms with van der Waals surface area (Å²) in [7, 11) is 0. The summed E-state index contributed by atoms with van der Waals surface area (Å²) >= 11 is 0.248. The van der Waals surface area contributed by atoms with E-state index in [0.717, 1.165) is 5.32 Å². The second kappa shape index (κ2) is 8.51. The molecule has 0 bridgehead atoms. The quantitative estimate of drug-likeness (QED) is 0.328. The molecule has 3 nitrogen and oxygen atoms in total. The van der Waals surface area contributed by atoms with Crippen molar-refractivity contribution < 1.29 is 75.0 Å². The van der Waals surface area contributed by atoms with Crippen LogP contribution in [0.5, 0.6) is 0 Å². The van der Waals surface area contributed by atoms with Crippen LogP contribution in [0, 0.1) is 0 Å². The molecule has 1 amide bonds. The van der Waals surface area contributed by atoms with Crippen molar-refractivity contribution in [2.45, 2.75) is 47.9 Å². The predicted octanol–water partition coefficient (Wildman–Crippen LogP) is 6.95. The number of nitrogens with one attached hydrogen (secondary N) is 1. The number of nitrogens with zero attached hydrogens (tertiary/aromatic N) is 1. The van der Waals surface area contributed by atoms with Crippen molar-refractivity contribution in [3.63, 3.8) is 0 Å². The Labute approximate surface area is 191 Å². The number of aromatic nitrogens is 1. The fourth-order valence-electron chi connectivity index (χ4n) is 2.38. The number of carbonyl (C=O) groups excluding carboxylic acids is 1. The zero-order valence-corrected chi connectivity index (χ0v) is 17.0. The van der Waals surface area contributed by atoms with Crippen LogP contribution in [0.15, 0.2) is 24.3 Å².